The third-order valence-electron chi connectivity index (χ3n) is 1.86. The van der Waals surface area contributed by atoms with Gasteiger partial charge in [-0.1, -0.05) is 0 Å². The van der Waals surface area contributed by atoms with Gasteiger partial charge in [0.2, 0.25) is 0 Å². The fraction of sp³-hybridized carbons (Fsp3) is 0.857. The normalized spacial score (nSPS) is 28.0. The zero-order chi connectivity index (χ0) is 9.19. The van der Waals surface area contributed by atoms with Crippen LogP contribution < -0.4 is 0 Å². The minimum absolute atomic E-state index is 0.00606. The summed E-state index contributed by atoms with van der Waals surface area (Å²) in [4.78, 5) is 0. The molecular formula is C7H11NO3S. The van der Waals surface area contributed by atoms with E-state index in [0.717, 1.165) is 0 Å². The van der Waals surface area contributed by atoms with Crippen molar-refractivity contribution in [1.29, 1.82) is 5.26 Å². The van der Waals surface area contributed by atoms with Gasteiger partial charge in [0.15, 0.2) is 0 Å². The van der Waals surface area contributed by atoms with Gasteiger partial charge in [-0.15, -0.1) is 0 Å². The second-order valence-corrected chi connectivity index (χ2v) is 4.62. The van der Waals surface area contributed by atoms with E-state index in [1.165, 1.54) is 0 Å². The maximum atomic E-state index is 11.1. The Hall–Kier alpha value is -0.600. The van der Waals surface area contributed by atoms with Gasteiger partial charge in [0.05, 0.1) is 17.9 Å². The fourth-order valence-electron chi connectivity index (χ4n) is 1.16. The van der Waals surface area contributed by atoms with Crippen LogP contribution in [0.3, 0.4) is 0 Å². The maximum absolute atomic E-state index is 11.1. The quantitative estimate of drug-likeness (QED) is 0.609. The zero-order valence-electron chi connectivity index (χ0n) is 6.86. The number of hydrogen-bond acceptors (Lipinski definition) is 4. The highest BCUT2D eigenvalue weighted by atomic mass is 32.2. The van der Waals surface area contributed by atoms with E-state index >= 15 is 0 Å². The van der Waals surface area contributed by atoms with E-state index in [-0.39, 0.29) is 12.5 Å². The van der Waals surface area contributed by atoms with Gasteiger partial charge in [-0.2, -0.15) is 13.7 Å². The van der Waals surface area contributed by atoms with E-state index in [9.17, 15) is 8.42 Å². The molecule has 1 aliphatic carbocycles. The predicted octanol–water partition coefficient (Wildman–Crippen LogP) is 0.655. The van der Waals surface area contributed by atoms with Crippen LogP contribution in [0, 0.1) is 17.2 Å². The van der Waals surface area contributed by atoms with Gasteiger partial charge in [-0.05, 0) is 19.3 Å². The molecule has 12 heavy (non-hydrogen) atoms. The smallest absolute Gasteiger partial charge is 0.270 e. The van der Waals surface area contributed by atoms with Crippen molar-refractivity contribution in [3.8, 4) is 6.07 Å². The van der Waals surface area contributed by atoms with Crippen molar-refractivity contribution in [2.75, 3.05) is 6.61 Å². The molecule has 0 aromatic heterocycles. The molecule has 0 bridgehead atoms. The SMILES string of the molecule is CCOS(=O)(=O)[C@H]1C[C@@H]1CC#N. The second-order valence-electron chi connectivity index (χ2n) is 2.80. The minimum atomic E-state index is -3.36. The van der Waals surface area contributed by atoms with Crippen LogP contribution >= 0.6 is 0 Å². The molecular weight excluding hydrogens is 178 g/mol. The van der Waals surface area contributed by atoms with Gasteiger partial charge < -0.3 is 0 Å². The molecule has 0 aromatic rings. The number of rotatable bonds is 4. The van der Waals surface area contributed by atoms with Gasteiger partial charge in [0, 0.05) is 6.42 Å². The van der Waals surface area contributed by atoms with Gasteiger partial charge >= 0.3 is 0 Å². The molecule has 0 unspecified atom stereocenters. The van der Waals surface area contributed by atoms with Crippen LogP contribution in [0.25, 0.3) is 0 Å². The second kappa shape index (κ2) is 3.42. The van der Waals surface area contributed by atoms with Crippen molar-refractivity contribution in [2.24, 2.45) is 5.92 Å². The summed E-state index contributed by atoms with van der Waals surface area (Å²) in [7, 11) is -3.36. The Kier molecular flexibility index (Phi) is 2.70. The molecule has 0 N–H and O–H groups in total. The van der Waals surface area contributed by atoms with Crippen molar-refractivity contribution in [3.63, 3.8) is 0 Å². The van der Waals surface area contributed by atoms with E-state index in [1.54, 1.807) is 6.92 Å². The van der Waals surface area contributed by atoms with Crippen molar-refractivity contribution in [2.45, 2.75) is 25.0 Å². The summed E-state index contributed by atoms with van der Waals surface area (Å²) in [6, 6.07) is 1.95. The molecule has 0 aliphatic heterocycles. The van der Waals surface area contributed by atoms with Crippen molar-refractivity contribution in [3.05, 3.63) is 0 Å². The molecule has 0 heterocycles. The first-order chi connectivity index (χ1) is 5.61. The summed E-state index contributed by atoms with van der Waals surface area (Å²) >= 11 is 0. The molecule has 0 radical (unpaired) electrons. The molecule has 1 fully saturated rings. The first-order valence-corrected chi connectivity index (χ1v) is 5.34. The summed E-state index contributed by atoms with van der Waals surface area (Å²) in [5.41, 5.74) is 0. The van der Waals surface area contributed by atoms with Crippen molar-refractivity contribution in [1.82, 2.24) is 0 Å². The number of nitrogens with zero attached hydrogens (tertiary/aromatic N) is 1. The van der Waals surface area contributed by atoms with Gasteiger partial charge in [-0.25, -0.2) is 0 Å². The van der Waals surface area contributed by atoms with Crippen LogP contribution in [0.4, 0.5) is 0 Å². The van der Waals surface area contributed by atoms with Crippen LogP contribution in [-0.2, 0) is 14.3 Å². The average Bonchev–Trinajstić information content (AvgIpc) is 2.68. The first kappa shape index (κ1) is 9.49. The Labute approximate surface area is 72.3 Å². The lowest BCUT2D eigenvalue weighted by atomic mass is 10.3. The standard InChI is InChI=1S/C7H11NO3S/c1-2-11-12(9,10)7-5-6(7)3-4-8/h6-7H,2-3,5H2,1H3/t6-,7-/m0/s1. The molecule has 4 nitrogen and oxygen atoms in total. The Morgan fingerprint density at radius 1 is 1.67 bits per heavy atom. The van der Waals surface area contributed by atoms with E-state index in [4.69, 9.17) is 5.26 Å². The summed E-state index contributed by atoms with van der Waals surface area (Å²) in [5.74, 6) is 0.00606. The van der Waals surface area contributed by atoms with Crippen LogP contribution in [0.5, 0.6) is 0 Å². The Morgan fingerprint density at radius 2 is 2.33 bits per heavy atom. The highest BCUT2D eigenvalue weighted by molar-refractivity contribution is 7.87. The molecule has 0 saturated heterocycles. The fourth-order valence-corrected chi connectivity index (χ4v) is 2.71. The van der Waals surface area contributed by atoms with Crippen LogP contribution in [0.15, 0.2) is 0 Å². The van der Waals surface area contributed by atoms with E-state index < -0.39 is 15.4 Å². The summed E-state index contributed by atoms with van der Waals surface area (Å²) in [5, 5.41) is 7.89. The van der Waals surface area contributed by atoms with Crippen LogP contribution in [0.1, 0.15) is 19.8 Å². The summed E-state index contributed by atoms with van der Waals surface area (Å²) in [6.07, 6.45) is 0.896. The highest BCUT2D eigenvalue weighted by Crippen LogP contribution is 2.40. The molecule has 68 valence electrons. The molecule has 0 amide bonds. The van der Waals surface area contributed by atoms with Gasteiger partial charge in [0.1, 0.15) is 0 Å². The minimum Gasteiger partial charge on any atom is -0.270 e. The monoisotopic (exact) mass is 189 g/mol. The third kappa shape index (κ3) is 1.96. The van der Waals surface area contributed by atoms with E-state index in [1.807, 2.05) is 6.07 Å². The molecule has 2 atom stereocenters. The predicted molar refractivity (Wildman–Crippen MR) is 42.7 cm³/mol. The summed E-state index contributed by atoms with van der Waals surface area (Å²) < 4.78 is 26.9. The number of nitriles is 1. The lowest BCUT2D eigenvalue weighted by Gasteiger charge is -1.99. The Morgan fingerprint density at radius 3 is 2.83 bits per heavy atom. The zero-order valence-corrected chi connectivity index (χ0v) is 7.67. The van der Waals surface area contributed by atoms with Crippen LogP contribution in [-0.4, -0.2) is 20.3 Å². The molecule has 1 rings (SSSR count). The Balaban J connectivity index is 2.48. The largest absolute Gasteiger partial charge is 0.270 e. The van der Waals surface area contributed by atoms with Crippen LogP contribution in [0.2, 0.25) is 0 Å². The molecule has 0 spiro atoms. The topological polar surface area (TPSA) is 67.2 Å². The molecule has 0 aromatic carbocycles. The first-order valence-electron chi connectivity index (χ1n) is 3.87. The summed E-state index contributed by atoms with van der Waals surface area (Å²) in [6.45, 7) is 1.82. The van der Waals surface area contributed by atoms with E-state index in [0.29, 0.717) is 12.8 Å². The Bertz CT molecular complexity index is 290. The lowest BCUT2D eigenvalue weighted by Crippen LogP contribution is -2.12. The number of hydrogen-bond donors (Lipinski definition) is 0. The van der Waals surface area contributed by atoms with Gasteiger partial charge in [0.25, 0.3) is 10.1 Å². The van der Waals surface area contributed by atoms with E-state index in [2.05, 4.69) is 4.18 Å². The molecule has 5 heteroatoms. The van der Waals surface area contributed by atoms with Crippen molar-refractivity contribution >= 4 is 10.1 Å². The lowest BCUT2D eigenvalue weighted by molar-refractivity contribution is 0.336. The highest BCUT2D eigenvalue weighted by Gasteiger charge is 2.47. The van der Waals surface area contributed by atoms with Gasteiger partial charge in [-0.3, -0.25) is 4.18 Å². The van der Waals surface area contributed by atoms with Crippen molar-refractivity contribution < 1.29 is 12.6 Å². The molecule has 1 aliphatic rings. The maximum Gasteiger partial charge on any atom is 0.270 e. The average molecular weight is 189 g/mol. The molecule has 1 saturated carbocycles. The third-order valence-corrected chi connectivity index (χ3v) is 3.75.